The summed E-state index contributed by atoms with van der Waals surface area (Å²) in [5.41, 5.74) is 0.688. The highest BCUT2D eigenvalue weighted by Crippen LogP contribution is 2.26. The topological polar surface area (TPSA) is 125 Å². The summed E-state index contributed by atoms with van der Waals surface area (Å²) in [7, 11) is 0. The highest BCUT2D eigenvalue weighted by Gasteiger charge is 2.20. The fraction of sp³-hybridized carbons (Fsp3) is 0.263. The lowest BCUT2D eigenvalue weighted by Crippen LogP contribution is -2.42. The van der Waals surface area contributed by atoms with Crippen LogP contribution in [0.1, 0.15) is 24.9 Å². The van der Waals surface area contributed by atoms with Crippen LogP contribution < -0.4 is 16.0 Å². The summed E-state index contributed by atoms with van der Waals surface area (Å²) in [6.45, 7) is 0.727. The van der Waals surface area contributed by atoms with Crippen molar-refractivity contribution < 1.29 is 24.3 Å². The average Bonchev–Trinajstić information content (AvgIpc) is 2.63. The van der Waals surface area contributed by atoms with Gasteiger partial charge in [0.15, 0.2) is 0 Å². The van der Waals surface area contributed by atoms with Crippen LogP contribution in [0.15, 0.2) is 42.5 Å². The molecular formula is C19H21N3O5. The Morgan fingerprint density at radius 1 is 0.926 bits per heavy atom. The summed E-state index contributed by atoms with van der Waals surface area (Å²) in [6, 6.07) is 12.2. The zero-order valence-corrected chi connectivity index (χ0v) is 14.8. The molecule has 0 aliphatic carbocycles. The van der Waals surface area contributed by atoms with Gasteiger partial charge in [-0.05, 0) is 16.3 Å². The van der Waals surface area contributed by atoms with Crippen LogP contribution in [0.5, 0.6) is 0 Å². The predicted molar refractivity (Wildman–Crippen MR) is 98.8 cm³/mol. The van der Waals surface area contributed by atoms with Crippen molar-refractivity contribution in [3.8, 4) is 0 Å². The van der Waals surface area contributed by atoms with Crippen LogP contribution in [0, 0.1) is 0 Å². The molecule has 0 aromatic heterocycles. The van der Waals surface area contributed by atoms with Gasteiger partial charge in [0.05, 0.1) is 25.6 Å². The molecule has 0 spiro atoms. The van der Waals surface area contributed by atoms with Crippen molar-refractivity contribution in [1.82, 2.24) is 16.0 Å². The lowest BCUT2D eigenvalue weighted by molar-refractivity contribution is -0.138. The predicted octanol–water partition coefficient (Wildman–Crippen LogP) is 0.724. The Morgan fingerprint density at radius 2 is 1.59 bits per heavy atom. The third kappa shape index (κ3) is 6.10. The van der Waals surface area contributed by atoms with Gasteiger partial charge in [-0.25, -0.2) is 0 Å². The van der Waals surface area contributed by atoms with Crippen molar-refractivity contribution in [3.63, 3.8) is 0 Å². The normalized spacial score (nSPS) is 11.4. The van der Waals surface area contributed by atoms with E-state index in [1.807, 2.05) is 30.3 Å². The van der Waals surface area contributed by atoms with Crippen molar-refractivity contribution >= 4 is 34.5 Å². The number of hydrogen-bond acceptors (Lipinski definition) is 4. The van der Waals surface area contributed by atoms with Crippen molar-refractivity contribution in [1.29, 1.82) is 0 Å². The van der Waals surface area contributed by atoms with Crippen LogP contribution in [-0.4, -0.2) is 41.9 Å². The molecule has 2 aromatic carbocycles. The van der Waals surface area contributed by atoms with Crippen LogP contribution in [0.2, 0.25) is 0 Å². The fourth-order valence-corrected chi connectivity index (χ4v) is 2.66. The molecule has 8 heteroatoms. The van der Waals surface area contributed by atoms with E-state index >= 15 is 0 Å². The number of aliphatic carboxylic acids is 1. The number of hydrogen-bond donors (Lipinski definition) is 4. The largest absolute Gasteiger partial charge is 0.481 e. The van der Waals surface area contributed by atoms with Crippen molar-refractivity contribution in [3.05, 3.63) is 48.0 Å². The zero-order chi connectivity index (χ0) is 19.8. The second-order valence-corrected chi connectivity index (χ2v) is 5.97. The molecule has 27 heavy (non-hydrogen) atoms. The van der Waals surface area contributed by atoms with Gasteiger partial charge in [-0.2, -0.15) is 0 Å². The molecule has 0 heterocycles. The summed E-state index contributed by atoms with van der Waals surface area (Å²) < 4.78 is 0. The number of carboxylic acid groups (broad SMARTS) is 1. The molecule has 1 atom stereocenters. The fourth-order valence-electron chi connectivity index (χ4n) is 2.66. The standard InChI is InChI=1S/C19H21N3O5/c1-12(23)20-10-17(24)21-11-18(25)22-16(9-19(26)27)15-8-4-6-13-5-2-3-7-14(13)15/h2-8,16H,9-11H2,1H3,(H,20,23)(H,21,24)(H,22,25)(H,26,27)/t16-/m1/s1. The maximum Gasteiger partial charge on any atom is 0.305 e. The van der Waals surface area contributed by atoms with E-state index in [4.69, 9.17) is 0 Å². The number of carboxylic acids is 1. The summed E-state index contributed by atoms with van der Waals surface area (Å²) in [5, 5.41) is 18.3. The molecule has 8 nitrogen and oxygen atoms in total. The molecule has 0 aliphatic heterocycles. The maximum absolute atomic E-state index is 12.2. The van der Waals surface area contributed by atoms with Gasteiger partial charge in [-0.15, -0.1) is 0 Å². The van der Waals surface area contributed by atoms with Crippen LogP contribution in [-0.2, 0) is 19.2 Å². The highest BCUT2D eigenvalue weighted by atomic mass is 16.4. The quantitative estimate of drug-likeness (QED) is 0.544. The third-order valence-corrected chi connectivity index (χ3v) is 3.86. The van der Waals surface area contributed by atoms with E-state index in [1.54, 1.807) is 12.1 Å². The summed E-state index contributed by atoms with van der Waals surface area (Å²) in [4.78, 5) is 45.8. The molecule has 0 radical (unpaired) electrons. The van der Waals surface area contributed by atoms with E-state index in [1.165, 1.54) is 6.92 Å². The van der Waals surface area contributed by atoms with E-state index in [2.05, 4.69) is 16.0 Å². The average molecular weight is 371 g/mol. The number of benzene rings is 2. The van der Waals surface area contributed by atoms with Crippen LogP contribution >= 0.6 is 0 Å². The summed E-state index contributed by atoms with van der Waals surface area (Å²) in [6.07, 6.45) is -0.292. The number of carbonyl (C=O) groups excluding carboxylic acids is 3. The minimum atomic E-state index is -1.05. The Morgan fingerprint density at radius 3 is 2.30 bits per heavy atom. The number of fused-ring (bicyclic) bond motifs is 1. The van der Waals surface area contributed by atoms with Crippen LogP contribution in [0.4, 0.5) is 0 Å². The Hall–Kier alpha value is -3.42. The minimum Gasteiger partial charge on any atom is -0.481 e. The molecule has 0 fully saturated rings. The first-order chi connectivity index (χ1) is 12.9. The first-order valence-electron chi connectivity index (χ1n) is 8.36. The zero-order valence-electron chi connectivity index (χ0n) is 14.8. The van der Waals surface area contributed by atoms with Gasteiger partial charge in [0.1, 0.15) is 0 Å². The first kappa shape index (κ1) is 19.9. The minimum absolute atomic E-state index is 0.232. The molecular weight excluding hydrogens is 350 g/mol. The van der Waals surface area contributed by atoms with E-state index in [0.29, 0.717) is 5.56 Å². The smallest absolute Gasteiger partial charge is 0.305 e. The molecule has 0 bridgehead atoms. The Kier molecular flexibility index (Phi) is 6.87. The van der Waals surface area contributed by atoms with Gasteiger partial charge < -0.3 is 21.1 Å². The maximum atomic E-state index is 12.2. The molecule has 0 saturated carbocycles. The first-order valence-corrected chi connectivity index (χ1v) is 8.36. The van der Waals surface area contributed by atoms with E-state index in [-0.39, 0.29) is 25.4 Å². The number of amides is 3. The summed E-state index contributed by atoms with van der Waals surface area (Å²) in [5.74, 6) is -2.44. The van der Waals surface area contributed by atoms with Gasteiger partial charge in [-0.3, -0.25) is 19.2 Å². The molecule has 2 rings (SSSR count). The SMILES string of the molecule is CC(=O)NCC(=O)NCC(=O)N[C@H](CC(=O)O)c1cccc2ccccc12. The van der Waals surface area contributed by atoms with Crippen LogP contribution in [0.25, 0.3) is 10.8 Å². The van der Waals surface area contributed by atoms with Gasteiger partial charge in [0.25, 0.3) is 0 Å². The van der Waals surface area contributed by atoms with Gasteiger partial charge >= 0.3 is 5.97 Å². The van der Waals surface area contributed by atoms with Gasteiger partial charge in [0, 0.05) is 6.92 Å². The third-order valence-electron chi connectivity index (χ3n) is 3.86. The Bertz CT molecular complexity index is 860. The monoisotopic (exact) mass is 371 g/mol. The lowest BCUT2D eigenvalue weighted by atomic mass is 9.96. The molecule has 142 valence electrons. The van der Waals surface area contributed by atoms with E-state index < -0.39 is 23.8 Å². The van der Waals surface area contributed by atoms with E-state index in [9.17, 15) is 24.3 Å². The molecule has 3 amide bonds. The van der Waals surface area contributed by atoms with Crippen molar-refractivity contribution in [2.24, 2.45) is 0 Å². The van der Waals surface area contributed by atoms with E-state index in [0.717, 1.165) is 10.8 Å². The highest BCUT2D eigenvalue weighted by molar-refractivity contribution is 5.90. The van der Waals surface area contributed by atoms with Crippen molar-refractivity contribution in [2.75, 3.05) is 13.1 Å². The van der Waals surface area contributed by atoms with Crippen molar-refractivity contribution in [2.45, 2.75) is 19.4 Å². The lowest BCUT2D eigenvalue weighted by Gasteiger charge is -2.19. The summed E-state index contributed by atoms with van der Waals surface area (Å²) >= 11 is 0. The molecule has 0 saturated heterocycles. The molecule has 2 aromatic rings. The second-order valence-electron chi connectivity index (χ2n) is 5.97. The Labute approximate surface area is 155 Å². The molecule has 0 aliphatic rings. The van der Waals surface area contributed by atoms with Gasteiger partial charge in [-0.1, -0.05) is 42.5 Å². The molecule has 4 N–H and O–H groups in total. The van der Waals surface area contributed by atoms with Crippen LogP contribution in [0.3, 0.4) is 0 Å². The number of rotatable bonds is 8. The number of nitrogens with one attached hydrogen (secondary N) is 3. The van der Waals surface area contributed by atoms with Gasteiger partial charge in [0.2, 0.25) is 17.7 Å². The molecule has 0 unspecified atom stereocenters. The number of carbonyl (C=O) groups is 4. The Balaban J connectivity index is 2.08. The second kappa shape index (κ2) is 9.33.